The molecule has 26 heavy (non-hydrogen) atoms. The second kappa shape index (κ2) is 9.39. The highest BCUT2D eigenvalue weighted by Gasteiger charge is 2.32. The van der Waals surface area contributed by atoms with Crippen molar-refractivity contribution in [3.63, 3.8) is 0 Å². The quantitative estimate of drug-likeness (QED) is 0.680. The predicted octanol–water partition coefficient (Wildman–Crippen LogP) is 5.11. The number of aryl methyl sites for hydroxylation is 1. The summed E-state index contributed by atoms with van der Waals surface area (Å²) < 4.78 is 11.4. The molecule has 0 radical (unpaired) electrons. The van der Waals surface area contributed by atoms with Crippen LogP contribution >= 0.6 is 0 Å². The van der Waals surface area contributed by atoms with Gasteiger partial charge in [0.1, 0.15) is 18.0 Å². The normalized spacial score (nSPS) is 13.1. The highest BCUT2D eigenvalue weighted by atomic mass is 16.5. The summed E-state index contributed by atoms with van der Waals surface area (Å²) in [6.45, 7) is 6.43. The van der Waals surface area contributed by atoms with Gasteiger partial charge < -0.3 is 14.8 Å². The van der Waals surface area contributed by atoms with Gasteiger partial charge in [0, 0.05) is 12.8 Å². The Morgan fingerprint density at radius 2 is 1.88 bits per heavy atom. The molecule has 0 aromatic heterocycles. The largest absolute Gasteiger partial charge is 0.489 e. The van der Waals surface area contributed by atoms with Gasteiger partial charge in [0.15, 0.2) is 0 Å². The van der Waals surface area contributed by atoms with Crippen LogP contribution in [0.5, 0.6) is 5.75 Å². The fourth-order valence-corrected chi connectivity index (χ4v) is 2.71. The molecule has 0 aliphatic heterocycles. The first-order chi connectivity index (χ1) is 12.5. The second-order valence-corrected chi connectivity index (χ2v) is 6.75. The van der Waals surface area contributed by atoms with Crippen LogP contribution in [0.1, 0.15) is 44.2 Å². The molecule has 0 fully saturated rings. The van der Waals surface area contributed by atoms with Crippen LogP contribution in [0.4, 0.5) is 5.69 Å². The standard InChI is InChI=1S/C22H29NO3/c1-5-6-14-22(3,25-4)21(24)23-19-12-13-20(17(2)15-19)26-16-18-10-8-7-9-11-18/h7-13,15H,5-6,14,16H2,1-4H3,(H,23,24). The zero-order chi connectivity index (χ0) is 19.0. The monoisotopic (exact) mass is 355 g/mol. The van der Waals surface area contributed by atoms with E-state index in [1.807, 2.05) is 62.4 Å². The molecule has 2 rings (SSSR count). The first kappa shape index (κ1) is 20.0. The fourth-order valence-electron chi connectivity index (χ4n) is 2.71. The summed E-state index contributed by atoms with van der Waals surface area (Å²) in [6.07, 6.45) is 2.67. The summed E-state index contributed by atoms with van der Waals surface area (Å²) in [4.78, 5) is 12.6. The lowest BCUT2D eigenvalue weighted by Crippen LogP contribution is -2.41. The lowest BCUT2D eigenvalue weighted by molar-refractivity contribution is -0.136. The molecule has 140 valence electrons. The fraction of sp³-hybridized carbons (Fsp3) is 0.409. The van der Waals surface area contributed by atoms with Gasteiger partial charge in [-0.2, -0.15) is 0 Å². The van der Waals surface area contributed by atoms with Crippen molar-refractivity contribution in [3.05, 3.63) is 59.7 Å². The SMILES string of the molecule is CCCCC(C)(OC)C(=O)Nc1ccc(OCc2ccccc2)c(C)c1. The maximum atomic E-state index is 12.6. The Labute approximate surface area is 156 Å². The number of ether oxygens (including phenoxy) is 2. The zero-order valence-electron chi connectivity index (χ0n) is 16.2. The van der Waals surface area contributed by atoms with Crippen LogP contribution in [-0.4, -0.2) is 18.6 Å². The molecule has 1 N–H and O–H groups in total. The van der Waals surface area contributed by atoms with E-state index < -0.39 is 5.60 Å². The Kier molecular flexibility index (Phi) is 7.22. The summed E-state index contributed by atoms with van der Waals surface area (Å²) in [6, 6.07) is 15.7. The second-order valence-electron chi connectivity index (χ2n) is 6.75. The summed E-state index contributed by atoms with van der Waals surface area (Å²) in [5.41, 5.74) is 2.04. The first-order valence-corrected chi connectivity index (χ1v) is 9.12. The topological polar surface area (TPSA) is 47.6 Å². The molecule has 0 heterocycles. The number of anilines is 1. The third kappa shape index (κ3) is 5.33. The molecule has 1 unspecified atom stereocenters. The first-order valence-electron chi connectivity index (χ1n) is 9.12. The molecular formula is C22H29NO3. The number of rotatable bonds is 9. The number of nitrogens with one attached hydrogen (secondary N) is 1. The molecule has 1 amide bonds. The highest BCUT2D eigenvalue weighted by molar-refractivity contribution is 5.97. The van der Waals surface area contributed by atoms with Crippen molar-refractivity contribution in [1.29, 1.82) is 0 Å². The van der Waals surface area contributed by atoms with Gasteiger partial charge in [-0.15, -0.1) is 0 Å². The van der Waals surface area contributed by atoms with Crippen LogP contribution in [-0.2, 0) is 16.1 Å². The lowest BCUT2D eigenvalue weighted by atomic mass is 9.97. The van der Waals surface area contributed by atoms with Crippen molar-refractivity contribution in [2.75, 3.05) is 12.4 Å². The smallest absolute Gasteiger partial charge is 0.256 e. The summed E-state index contributed by atoms with van der Waals surface area (Å²) in [5.74, 6) is 0.693. The van der Waals surface area contributed by atoms with E-state index in [9.17, 15) is 4.79 Å². The number of carbonyl (C=O) groups excluding carboxylic acids is 1. The van der Waals surface area contributed by atoms with E-state index in [2.05, 4.69) is 12.2 Å². The minimum absolute atomic E-state index is 0.120. The summed E-state index contributed by atoms with van der Waals surface area (Å²) in [7, 11) is 1.58. The molecule has 4 heteroatoms. The summed E-state index contributed by atoms with van der Waals surface area (Å²) >= 11 is 0. The van der Waals surface area contributed by atoms with Crippen molar-refractivity contribution in [3.8, 4) is 5.75 Å². The Balaban J connectivity index is 2.01. The average molecular weight is 355 g/mol. The lowest BCUT2D eigenvalue weighted by Gasteiger charge is -2.27. The molecule has 0 saturated carbocycles. The number of carbonyl (C=O) groups is 1. The molecule has 0 aliphatic rings. The Morgan fingerprint density at radius 1 is 1.15 bits per heavy atom. The van der Waals surface area contributed by atoms with E-state index in [0.29, 0.717) is 13.0 Å². The maximum absolute atomic E-state index is 12.6. The molecule has 2 aromatic carbocycles. The molecule has 1 atom stereocenters. The zero-order valence-corrected chi connectivity index (χ0v) is 16.2. The van der Waals surface area contributed by atoms with E-state index in [-0.39, 0.29) is 5.91 Å². The predicted molar refractivity (Wildman–Crippen MR) is 106 cm³/mol. The molecule has 2 aromatic rings. The van der Waals surface area contributed by atoms with E-state index in [1.165, 1.54) is 0 Å². The van der Waals surface area contributed by atoms with Crippen LogP contribution in [0.2, 0.25) is 0 Å². The van der Waals surface area contributed by atoms with E-state index in [1.54, 1.807) is 7.11 Å². The van der Waals surface area contributed by atoms with Gasteiger partial charge in [-0.1, -0.05) is 50.1 Å². The van der Waals surface area contributed by atoms with E-state index in [4.69, 9.17) is 9.47 Å². The van der Waals surface area contributed by atoms with Gasteiger partial charge in [-0.05, 0) is 49.6 Å². The van der Waals surface area contributed by atoms with E-state index in [0.717, 1.165) is 35.4 Å². The maximum Gasteiger partial charge on any atom is 0.256 e. The van der Waals surface area contributed by atoms with Gasteiger partial charge in [0.25, 0.3) is 5.91 Å². The molecule has 0 saturated heterocycles. The molecule has 0 aliphatic carbocycles. The van der Waals surface area contributed by atoms with Crippen molar-refractivity contribution in [2.45, 2.75) is 52.2 Å². The van der Waals surface area contributed by atoms with Crippen molar-refractivity contribution >= 4 is 11.6 Å². The van der Waals surface area contributed by atoms with Crippen LogP contribution in [0.3, 0.4) is 0 Å². The minimum Gasteiger partial charge on any atom is -0.489 e. The third-order valence-corrected chi connectivity index (χ3v) is 4.61. The van der Waals surface area contributed by atoms with Crippen LogP contribution < -0.4 is 10.1 Å². The van der Waals surface area contributed by atoms with Crippen LogP contribution in [0.15, 0.2) is 48.5 Å². The van der Waals surface area contributed by atoms with Gasteiger partial charge >= 0.3 is 0 Å². The molecule has 4 nitrogen and oxygen atoms in total. The number of hydrogen-bond donors (Lipinski definition) is 1. The minimum atomic E-state index is -0.813. The molecule has 0 spiro atoms. The van der Waals surface area contributed by atoms with Crippen molar-refractivity contribution in [1.82, 2.24) is 0 Å². The Hall–Kier alpha value is -2.33. The van der Waals surface area contributed by atoms with Crippen molar-refractivity contribution < 1.29 is 14.3 Å². The third-order valence-electron chi connectivity index (χ3n) is 4.61. The molecule has 0 bridgehead atoms. The van der Waals surface area contributed by atoms with Gasteiger partial charge in [-0.25, -0.2) is 0 Å². The van der Waals surface area contributed by atoms with Gasteiger partial charge in [-0.3, -0.25) is 4.79 Å². The number of unbranched alkanes of at least 4 members (excludes halogenated alkanes) is 1. The molecular weight excluding hydrogens is 326 g/mol. The van der Waals surface area contributed by atoms with Crippen molar-refractivity contribution in [2.24, 2.45) is 0 Å². The number of benzene rings is 2. The van der Waals surface area contributed by atoms with Crippen LogP contribution in [0, 0.1) is 6.92 Å². The Morgan fingerprint density at radius 3 is 2.50 bits per heavy atom. The number of amides is 1. The van der Waals surface area contributed by atoms with Crippen LogP contribution in [0.25, 0.3) is 0 Å². The number of hydrogen-bond acceptors (Lipinski definition) is 3. The average Bonchev–Trinajstić information content (AvgIpc) is 2.66. The number of methoxy groups -OCH3 is 1. The Bertz CT molecular complexity index is 715. The highest BCUT2D eigenvalue weighted by Crippen LogP contribution is 2.25. The summed E-state index contributed by atoms with van der Waals surface area (Å²) in [5, 5.41) is 2.96. The van der Waals surface area contributed by atoms with Gasteiger partial charge in [0.05, 0.1) is 0 Å². The van der Waals surface area contributed by atoms with Gasteiger partial charge in [0.2, 0.25) is 0 Å². The van der Waals surface area contributed by atoms with E-state index >= 15 is 0 Å².